The highest BCUT2D eigenvalue weighted by atomic mass is 16.1. The lowest BCUT2D eigenvalue weighted by molar-refractivity contribution is 1.24. The number of hydrogen-bond donors (Lipinski definition) is 1. The molecule has 1 N–H and O–H groups in total. The van der Waals surface area contributed by atoms with Gasteiger partial charge in [0.15, 0.2) is 5.43 Å². The average Bonchev–Trinajstić information content (AvgIpc) is 2.47. The molecule has 0 aliphatic carbocycles. The van der Waals surface area contributed by atoms with E-state index in [4.69, 9.17) is 0 Å². The molecular weight excluding hydrogens is 248 g/mol. The van der Waals surface area contributed by atoms with E-state index in [-0.39, 0.29) is 5.43 Å². The summed E-state index contributed by atoms with van der Waals surface area (Å²) in [6.07, 6.45) is 0. The van der Waals surface area contributed by atoms with E-state index >= 15 is 0 Å². The number of nitrogens with zero attached hydrogens (tertiary/aromatic N) is 1. The normalized spacial score (nSPS) is 10.4. The van der Waals surface area contributed by atoms with Gasteiger partial charge in [-0.2, -0.15) is 5.26 Å². The molecule has 0 saturated heterocycles. The lowest BCUT2D eigenvalue weighted by Crippen LogP contribution is -2.04. The van der Waals surface area contributed by atoms with Crippen LogP contribution in [0.15, 0.2) is 53.3 Å². The summed E-state index contributed by atoms with van der Waals surface area (Å²) in [5, 5.41) is 9.87. The Balaban J connectivity index is 2.39. The molecule has 3 nitrogen and oxygen atoms in total. The van der Waals surface area contributed by atoms with E-state index in [0.29, 0.717) is 16.5 Å². The van der Waals surface area contributed by atoms with Crippen LogP contribution < -0.4 is 5.43 Å². The molecule has 0 unspecified atom stereocenters. The number of hydrogen-bond acceptors (Lipinski definition) is 2. The van der Waals surface area contributed by atoms with Crippen LogP contribution in [0.2, 0.25) is 0 Å². The van der Waals surface area contributed by atoms with Crippen molar-refractivity contribution < 1.29 is 0 Å². The highest BCUT2D eigenvalue weighted by Crippen LogP contribution is 2.25. The van der Waals surface area contributed by atoms with Gasteiger partial charge < -0.3 is 4.98 Å². The van der Waals surface area contributed by atoms with E-state index < -0.39 is 0 Å². The van der Waals surface area contributed by atoms with E-state index in [2.05, 4.69) is 11.1 Å². The van der Waals surface area contributed by atoms with Crippen molar-refractivity contribution in [2.24, 2.45) is 0 Å². The molecule has 3 rings (SSSR count). The first-order valence-corrected chi connectivity index (χ1v) is 6.32. The summed E-state index contributed by atoms with van der Waals surface area (Å²) in [4.78, 5) is 15.2. The lowest BCUT2D eigenvalue weighted by Gasteiger charge is -2.07. The molecule has 3 aromatic rings. The zero-order valence-electron chi connectivity index (χ0n) is 11.0. The number of fused-ring (bicyclic) bond motifs is 1. The van der Waals surface area contributed by atoms with Gasteiger partial charge in [-0.25, -0.2) is 0 Å². The van der Waals surface area contributed by atoms with E-state index in [9.17, 15) is 10.1 Å². The van der Waals surface area contributed by atoms with Crippen LogP contribution in [0.5, 0.6) is 0 Å². The van der Waals surface area contributed by atoms with E-state index in [1.54, 1.807) is 6.07 Å². The van der Waals surface area contributed by atoms with Crippen molar-refractivity contribution in [1.82, 2.24) is 4.98 Å². The van der Waals surface area contributed by atoms with Crippen molar-refractivity contribution in [3.63, 3.8) is 0 Å². The predicted molar refractivity (Wildman–Crippen MR) is 79.5 cm³/mol. The first-order valence-electron chi connectivity index (χ1n) is 6.32. The van der Waals surface area contributed by atoms with Crippen LogP contribution in [0.25, 0.3) is 22.0 Å². The van der Waals surface area contributed by atoms with Crippen LogP contribution >= 0.6 is 0 Å². The summed E-state index contributed by atoms with van der Waals surface area (Å²) in [5.41, 5.74) is 3.66. The first-order chi connectivity index (χ1) is 9.69. The number of aromatic nitrogens is 1. The van der Waals surface area contributed by atoms with Crippen molar-refractivity contribution >= 4 is 10.9 Å². The van der Waals surface area contributed by atoms with Crippen LogP contribution in [0.1, 0.15) is 11.3 Å². The second-order valence-corrected chi connectivity index (χ2v) is 4.74. The third-order valence-electron chi connectivity index (χ3n) is 3.30. The fraction of sp³-hybridized carbons (Fsp3) is 0.0588. The maximum absolute atomic E-state index is 12.1. The molecule has 20 heavy (non-hydrogen) atoms. The summed E-state index contributed by atoms with van der Waals surface area (Å²) in [5.74, 6) is 0. The number of pyridine rings is 1. The molecule has 0 spiro atoms. The van der Waals surface area contributed by atoms with Crippen molar-refractivity contribution in [2.45, 2.75) is 6.92 Å². The number of nitriles is 1. The van der Waals surface area contributed by atoms with Gasteiger partial charge in [-0.1, -0.05) is 30.3 Å². The molecule has 2 aromatic carbocycles. The van der Waals surface area contributed by atoms with E-state index in [0.717, 1.165) is 16.8 Å². The molecule has 0 amide bonds. The molecule has 0 bridgehead atoms. The Morgan fingerprint density at radius 1 is 1.05 bits per heavy atom. The van der Waals surface area contributed by atoms with Gasteiger partial charge in [-0.05, 0) is 30.2 Å². The van der Waals surface area contributed by atoms with Crippen LogP contribution in [0, 0.1) is 18.3 Å². The third kappa shape index (κ3) is 1.98. The summed E-state index contributed by atoms with van der Waals surface area (Å²) in [7, 11) is 0. The minimum Gasteiger partial charge on any atom is -0.357 e. The molecule has 96 valence electrons. The summed E-state index contributed by atoms with van der Waals surface area (Å²) < 4.78 is 0. The van der Waals surface area contributed by atoms with E-state index in [1.165, 1.54) is 0 Å². The number of rotatable bonds is 1. The Morgan fingerprint density at radius 3 is 2.50 bits per heavy atom. The van der Waals surface area contributed by atoms with Crippen molar-refractivity contribution in [3.8, 4) is 17.2 Å². The van der Waals surface area contributed by atoms with E-state index in [1.807, 2.05) is 49.4 Å². The van der Waals surface area contributed by atoms with Crippen molar-refractivity contribution in [2.75, 3.05) is 0 Å². The van der Waals surface area contributed by atoms with Gasteiger partial charge in [0.2, 0.25) is 0 Å². The summed E-state index contributed by atoms with van der Waals surface area (Å²) >= 11 is 0. The molecular formula is C17H12N2O. The Hall–Kier alpha value is -2.86. The maximum Gasteiger partial charge on any atom is 0.189 e. The zero-order chi connectivity index (χ0) is 14.1. The minimum atomic E-state index is -0.0643. The number of H-pyrrole nitrogens is 1. The second-order valence-electron chi connectivity index (χ2n) is 4.74. The molecule has 0 radical (unpaired) electrons. The van der Waals surface area contributed by atoms with Gasteiger partial charge in [0.25, 0.3) is 0 Å². The molecule has 0 fully saturated rings. The van der Waals surface area contributed by atoms with Gasteiger partial charge in [0.1, 0.15) is 6.07 Å². The Kier molecular flexibility index (Phi) is 2.85. The van der Waals surface area contributed by atoms with Gasteiger partial charge in [-0.3, -0.25) is 4.79 Å². The fourth-order valence-electron chi connectivity index (χ4n) is 2.36. The molecule has 1 aromatic heterocycles. The van der Waals surface area contributed by atoms with Gasteiger partial charge >= 0.3 is 0 Å². The van der Waals surface area contributed by atoms with Crippen molar-refractivity contribution in [3.05, 3.63) is 70.0 Å². The van der Waals surface area contributed by atoms with Crippen LogP contribution in [-0.2, 0) is 0 Å². The molecule has 0 aliphatic rings. The number of benzene rings is 2. The van der Waals surface area contributed by atoms with Gasteiger partial charge in [0, 0.05) is 17.1 Å². The van der Waals surface area contributed by atoms with Crippen molar-refractivity contribution in [1.29, 1.82) is 5.26 Å². The number of nitrogens with one attached hydrogen (secondary N) is 1. The van der Waals surface area contributed by atoms with Crippen LogP contribution in [0.3, 0.4) is 0 Å². The topological polar surface area (TPSA) is 56.6 Å². The second kappa shape index (κ2) is 4.67. The molecule has 0 aliphatic heterocycles. The fourth-order valence-corrected chi connectivity index (χ4v) is 2.36. The molecule has 0 saturated carbocycles. The Bertz CT molecular complexity index is 886. The largest absolute Gasteiger partial charge is 0.357 e. The highest BCUT2D eigenvalue weighted by molar-refractivity contribution is 5.89. The summed E-state index contributed by atoms with van der Waals surface area (Å²) in [6.45, 7) is 1.81. The quantitative estimate of drug-likeness (QED) is 0.729. The standard InChI is InChI=1S/C17H12N2O/c1-11-7-16(20)15-9-13(12-5-3-2-4-6-12)8-14(10-18)17(15)19-11/h2-9H,1H3,(H,19,20). The molecule has 3 heteroatoms. The number of aromatic amines is 1. The Morgan fingerprint density at radius 2 is 1.80 bits per heavy atom. The minimum absolute atomic E-state index is 0.0643. The van der Waals surface area contributed by atoms with Gasteiger partial charge in [0.05, 0.1) is 11.1 Å². The molecule has 1 heterocycles. The van der Waals surface area contributed by atoms with Crippen LogP contribution in [-0.4, -0.2) is 4.98 Å². The monoisotopic (exact) mass is 260 g/mol. The maximum atomic E-state index is 12.1. The SMILES string of the molecule is Cc1cc(=O)c2cc(-c3ccccc3)cc(C#N)c2[nH]1. The first kappa shape index (κ1) is 12.2. The lowest BCUT2D eigenvalue weighted by atomic mass is 9.99. The zero-order valence-corrected chi connectivity index (χ0v) is 11.0. The number of aryl methyl sites for hydroxylation is 1. The predicted octanol–water partition coefficient (Wildman–Crippen LogP) is 3.38. The Labute approximate surface area is 116 Å². The smallest absolute Gasteiger partial charge is 0.189 e. The average molecular weight is 260 g/mol. The third-order valence-corrected chi connectivity index (χ3v) is 3.30. The summed E-state index contributed by atoms with van der Waals surface area (Å²) in [6, 6.07) is 17.1. The van der Waals surface area contributed by atoms with Gasteiger partial charge in [-0.15, -0.1) is 0 Å². The van der Waals surface area contributed by atoms with Crippen LogP contribution in [0.4, 0.5) is 0 Å². The molecule has 0 atom stereocenters. The highest BCUT2D eigenvalue weighted by Gasteiger charge is 2.09.